The number of carbonyl (C=O) groups excluding carboxylic acids is 1. The van der Waals surface area contributed by atoms with Gasteiger partial charge in [-0.05, 0) is 5.75 Å². The summed E-state index contributed by atoms with van der Waals surface area (Å²) in [5.74, 6) is 0.142. The predicted octanol–water partition coefficient (Wildman–Crippen LogP) is -1.84. The highest BCUT2D eigenvalue weighted by Crippen LogP contribution is 2.20. The van der Waals surface area contributed by atoms with Gasteiger partial charge in [0.05, 0.1) is 6.10 Å². The molecule has 6 nitrogen and oxygen atoms in total. The molecule has 5 atom stereocenters. The molecule has 1 saturated heterocycles. The summed E-state index contributed by atoms with van der Waals surface area (Å²) in [5, 5.41) is 31.4. The van der Waals surface area contributed by atoms with E-state index < -0.39 is 30.6 Å². The third-order valence-electron chi connectivity index (χ3n) is 2.57. The Morgan fingerprint density at radius 1 is 1.24 bits per heavy atom. The molecule has 1 aliphatic rings. The van der Waals surface area contributed by atoms with Crippen molar-refractivity contribution in [1.82, 2.24) is 5.32 Å². The van der Waals surface area contributed by atoms with E-state index in [2.05, 4.69) is 30.6 Å². The van der Waals surface area contributed by atoms with Crippen molar-refractivity contribution in [3.8, 4) is 0 Å². The van der Waals surface area contributed by atoms with Gasteiger partial charge in [0.25, 0.3) is 0 Å². The van der Waals surface area contributed by atoms with Gasteiger partial charge in [-0.1, -0.05) is 0 Å². The largest absolute Gasteiger partial charge is 0.388 e. The molecule has 100 valence electrons. The van der Waals surface area contributed by atoms with Crippen LogP contribution in [0, 0.1) is 0 Å². The van der Waals surface area contributed by atoms with Crippen LogP contribution in [-0.2, 0) is 9.53 Å². The summed E-state index contributed by atoms with van der Waals surface area (Å²) in [6, 6.07) is -1.05. The molecule has 1 aliphatic heterocycles. The van der Waals surface area contributed by atoms with Crippen LogP contribution in [0.4, 0.5) is 0 Å². The van der Waals surface area contributed by atoms with E-state index >= 15 is 0 Å². The molecule has 0 aromatic rings. The number of hydrogen-bond donors (Lipinski definition) is 6. The lowest BCUT2D eigenvalue weighted by molar-refractivity contribution is -0.241. The zero-order chi connectivity index (χ0) is 13.0. The van der Waals surface area contributed by atoms with Crippen molar-refractivity contribution in [3.63, 3.8) is 0 Å². The minimum absolute atomic E-state index is 0.158. The van der Waals surface area contributed by atoms with Gasteiger partial charge in [-0.25, -0.2) is 0 Å². The summed E-state index contributed by atoms with van der Waals surface area (Å²) < 4.78 is 5.05. The number of nitrogens with one attached hydrogen (secondary N) is 1. The fourth-order valence-electron chi connectivity index (χ4n) is 1.61. The van der Waals surface area contributed by atoms with E-state index in [1.165, 1.54) is 0 Å². The SMILES string of the molecule is O=C(CCS)N[C@@H]1C(O)OC(CS)[C@@H](O)C1O. The number of thiol groups is 2. The van der Waals surface area contributed by atoms with Gasteiger partial charge < -0.3 is 25.4 Å². The first-order chi connectivity index (χ1) is 8.01. The van der Waals surface area contributed by atoms with Gasteiger partial charge in [0.1, 0.15) is 18.2 Å². The van der Waals surface area contributed by atoms with Gasteiger partial charge >= 0.3 is 0 Å². The van der Waals surface area contributed by atoms with E-state index in [0.717, 1.165) is 0 Å². The molecule has 0 spiro atoms. The van der Waals surface area contributed by atoms with Crippen LogP contribution in [0.2, 0.25) is 0 Å². The molecule has 1 fully saturated rings. The number of aliphatic hydroxyl groups excluding tert-OH is 3. The minimum atomic E-state index is -1.37. The summed E-state index contributed by atoms with van der Waals surface area (Å²) >= 11 is 7.83. The zero-order valence-electron chi connectivity index (χ0n) is 9.06. The van der Waals surface area contributed by atoms with Crippen molar-refractivity contribution in [1.29, 1.82) is 0 Å². The van der Waals surface area contributed by atoms with Crippen molar-refractivity contribution in [3.05, 3.63) is 0 Å². The molecule has 1 rings (SSSR count). The van der Waals surface area contributed by atoms with Crippen LogP contribution in [0.5, 0.6) is 0 Å². The first-order valence-electron chi connectivity index (χ1n) is 5.22. The second-order valence-electron chi connectivity index (χ2n) is 3.80. The molecule has 0 aromatic heterocycles. The zero-order valence-corrected chi connectivity index (χ0v) is 10.8. The third kappa shape index (κ3) is 3.73. The fraction of sp³-hybridized carbons (Fsp3) is 0.889. The van der Waals surface area contributed by atoms with Gasteiger partial charge in [0.15, 0.2) is 6.29 Å². The van der Waals surface area contributed by atoms with Gasteiger partial charge in [-0.2, -0.15) is 25.3 Å². The molecule has 1 amide bonds. The standard InChI is InChI=1S/C9H17NO5S2/c11-5(1-2-16)10-6-8(13)7(12)4(3-17)15-9(6)14/h4,6-9,12-14,16-17H,1-3H2,(H,10,11)/t4?,6-,7+,8?,9?/m0/s1. The second-order valence-corrected chi connectivity index (χ2v) is 4.61. The topological polar surface area (TPSA) is 99.0 Å². The van der Waals surface area contributed by atoms with Crippen LogP contribution < -0.4 is 5.32 Å². The quantitative estimate of drug-likeness (QED) is 0.341. The number of ether oxygens (including phenoxy) is 1. The molecule has 17 heavy (non-hydrogen) atoms. The molecular weight excluding hydrogens is 266 g/mol. The Morgan fingerprint density at radius 3 is 2.41 bits per heavy atom. The van der Waals surface area contributed by atoms with Crippen molar-refractivity contribution in [2.45, 2.75) is 37.1 Å². The maximum Gasteiger partial charge on any atom is 0.221 e. The van der Waals surface area contributed by atoms with E-state index in [-0.39, 0.29) is 18.1 Å². The Kier molecular flexibility index (Phi) is 6.04. The van der Waals surface area contributed by atoms with Gasteiger partial charge in [0.2, 0.25) is 5.91 Å². The summed E-state index contributed by atoms with van der Waals surface area (Å²) in [6.45, 7) is 0. The maximum absolute atomic E-state index is 11.3. The Balaban J connectivity index is 2.63. The van der Waals surface area contributed by atoms with E-state index in [0.29, 0.717) is 5.75 Å². The molecule has 3 unspecified atom stereocenters. The van der Waals surface area contributed by atoms with Crippen molar-refractivity contribution >= 4 is 31.2 Å². The highest BCUT2D eigenvalue weighted by Gasteiger charge is 2.43. The molecular formula is C9H17NO5S2. The Labute approximate surface area is 110 Å². The normalized spacial score (nSPS) is 37.8. The van der Waals surface area contributed by atoms with Gasteiger partial charge in [-0.15, -0.1) is 0 Å². The lowest BCUT2D eigenvalue weighted by Gasteiger charge is -2.40. The van der Waals surface area contributed by atoms with Crippen molar-refractivity contribution < 1.29 is 24.9 Å². The summed E-state index contributed by atoms with van der Waals surface area (Å²) in [6.07, 6.45) is -4.46. The van der Waals surface area contributed by atoms with Crippen LogP contribution in [0.3, 0.4) is 0 Å². The minimum Gasteiger partial charge on any atom is -0.388 e. The average molecular weight is 283 g/mol. The first-order valence-corrected chi connectivity index (χ1v) is 6.48. The molecule has 0 saturated carbocycles. The monoisotopic (exact) mass is 283 g/mol. The van der Waals surface area contributed by atoms with Crippen LogP contribution in [0.1, 0.15) is 6.42 Å². The molecule has 8 heteroatoms. The highest BCUT2D eigenvalue weighted by molar-refractivity contribution is 7.80. The average Bonchev–Trinajstić information content (AvgIpc) is 2.29. The molecule has 0 radical (unpaired) electrons. The number of amides is 1. The summed E-state index contributed by atoms with van der Waals surface area (Å²) in [7, 11) is 0. The second kappa shape index (κ2) is 6.81. The first kappa shape index (κ1) is 15.1. The maximum atomic E-state index is 11.3. The number of hydrogen-bond acceptors (Lipinski definition) is 7. The Hall–Kier alpha value is 0.01000. The van der Waals surface area contributed by atoms with Crippen LogP contribution in [-0.4, -0.2) is 63.4 Å². The summed E-state index contributed by atoms with van der Waals surface area (Å²) in [4.78, 5) is 11.3. The van der Waals surface area contributed by atoms with Gasteiger partial charge in [0, 0.05) is 12.2 Å². The van der Waals surface area contributed by atoms with E-state index in [1.807, 2.05) is 0 Å². The highest BCUT2D eigenvalue weighted by atomic mass is 32.1. The Morgan fingerprint density at radius 2 is 1.88 bits per heavy atom. The third-order valence-corrected chi connectivity index (χ3v) is 3.15. The fourth-order valence-corrected chi connectivity index (χ4v) is 2.12. The van der Waals surface area contributed by atoms with E-state index in [1.54, 1.807) is 0 Å². The van der Waals surface area contributed by atoms with Crippen LogP contribution in [0.25, 0.3) is 0 Å². The van der Waals surface area contributed by atoms with E-state index in [9.17, 15) is 20.1 Å². The number of rotatable bonds is 4. The Bertz CT molecular complexity index is 268. The molecule has 0 bridgehead atoms. The lowest BCUT2D eigenvalue weighted by Crippen LogP contribution is -2.63. The molecule has 0 aromatic carbocycles. The summed E-state index contributed by atoms with van der Waals surface area (Å²) in [5.41, 5.74) is 0. The molecule has 1 heterocycles. The van der Waals surface area contributed by atoms with E-state index in [4.69, 9.17) is 4.74 Å². The predicted molar refractivity (Wildman–Crippen MR) is 67.1 cm³/mol. The van der Waals surface area contributed by atoms with Crippen molar-refractivity contribution in [2.75, 3.05) is 11.5 Å². The molecule has 4 N–H and O–H groups in total. The number of aliphatic hydroxyl groups is 3. The lowest BCUT2D eigenvalue weighted by atomic mass is 9.97. The smallest absolute Gasteiger partial charge is 0.221 e. The van der Waals surface area contributed by atoms with Crippen LogP contribution >= 0.6 is 25.3 Å². The number of carbonyl (C=O) groups is 1. The van der Waals surface area contributed by atoms with Crippen molar-refractivity contribution in [2.24, 2.45) is 0 Å². The van der Waals surface area contributed by atoms with Crippen LogP contribution in [0.15, 0.2) is 0 Å². The van der Waals surface area contributed by atoms with Gasteiger partial charge in [-0.3, -0.25) is 4.79 Å². The molecule has 0 aliphatic carbocycles.